The number of furan rings is 1. The Kier molecular flexibility index (Phi) is 7.96. The summed E-state index contributed by atoms with van der Waals surface area (Å²) in [5, 5.41) is 2.28. The molecule has 0 N–H and O–H groups in total. The molecule has 12 rings (SSSR count). The number of hydrogen-bond acceptors (Lipinski definition) is 2. The van der Waals surface area contributed by atoms with Crippen LogP contribution in [0.2, 0.25) is 0 Å². The van der Waals surface area contributed by atoms with Crippen molar-refractivity contribution in [3.05, 3.63) is 222 Å². The van der Waals surface area contributed by atoms with Crippen LogP contribution in [0.5, 0.6) is 0 Å². The molecule has 2 aliphatic carbocycles. The normalized spacial score (nSPS) is 14.1. The minimum absolute atomic E-state index is 0.0444. The second-order valence-corrected chi connectivity index (χ2v) is 18.1. The fraction of sp³-hybridized carbons (Fsp3) is 0.100. The van der Waals surface area contributed by atoms with E-state index in [0.29, 0.717) is 0 Å². The molecule has 0 spiro atoms. The Morgan fingerprint density at radius 1 is 0.339 bits per heavy atom. The average Bonchev–Trinajstić information content (AvgIpc) is 3.89. The summed E-state index contributed by atoms with van der Waals surface area (Å²) in [6.45, 7) is 9.42. The summed E-state index contributed by atoms with van der Waals surface area (Å²) in [6, 6.07) is 73.7. The van der Waals surface area contributed by atoms with Crippen LogP contribution in [0, 0.1) is 0 Å². The van der Waals surface area contributed by atoms with Gasteiger partial charge < -0.3 is 9.32 Å². The molecule has 0 radical (unpaired) electrons. The first-order valence-corrected chi connectivity index (χ1v) is 21.8. The van der Waals surface area contributed by atoms with Crippen LogP contribution in [0.25, 0.3) is 77.6 Å². The molecule has 1 aromatic heterocycles. The SMILES string of the molecule is CC1(C)c2ccccc2-c2cc(-c3ccccc3-c3ccccc3N(c3ccc(-c4cccc5oc6ccccc6c45)cc3)c3ccc4c(c3)C(C)(C)c3ccccc3-4)ccc21. The first-order valence-electron chi connectivity index (χ1n) is 21.8. The largest absolute Gasteiger partial charge is 0.456 e. The van der Waals surface area contributed by atoms with Crippen LogP contribution < -0.4 is 4.90 Å². The van der Waals surface area contributed by atoms with Gasteiger partial charge in [0, 0.05) is 38.5 Å². The van der Waals surface area contributed by atoms with E-state index in [1.54, 1.807) is 0 Å². The Balaban J connectivity index is 1.03. The highest BCUT2D eigenvalue weighted by atomic mass is 16.3. The number of fused-ring (bicyclic) bond motifs is 9. The molecule has 10 aromatic rings. The number of anilines is 3. The zero-order valence-electron chi connectivity index (χ0n) is 35.4. The molecule has 1 heterocycles. The molecule has 0 amide bonds. The van der Waals surface area contributed by atoms with Crippen LogP contribution in [0.1, 0.15) is 49.9 Å². The van der Waals surface area contributed by atoms with E-state index < -0.39 is 0 Å². The van der Waals surface area contributed by atoms with Gasteiger partial charge in [-0.3, -0.25) is 0 Å². The monoisotopic (exact) mass is 795 g/mol. The van der Waals surface area contributed by atoms with Crippen molar-refractivity contribution < 1.29 is 4.42 Å². The highest BCUT2D eigenvalue weighted by Crippen LogP contribution is 2.53. The van der Waals surface area contributed by atoms with Crippen LogP contribution in [0.3, 0.4) is 0 Å². The Labute approximate surface area is 363 Å². The molecule has 0 bridgehead atoms. The maximum atomic E-state index is 6.30. The van der Waals surface area contributed by atoms with E-state index in [1.165, 1.54) is 66.8 Å². The standard InChI is InChI=1S/C60H45NO/c1-59(2)52-24-12-8-19-46(52)50-36-39(30-35-53(50)59)42-16-5-6-17-44(42)48-20-9-13-25-55(48)61(41-33-34-47-45-18-7-11-23-51(45)60(3,4)54(47)37-41)40-31-28-38(29-32-40)43-22-15-27-57-58(43)49-21-10-14-26-56(49)62-57/h5-37H,1-4H3. The smallest absolute Gasteiger partial charge is 0.136 e. The van der Waals surface area contributed by atoms with Crippen molar-refractivity contribution in [2.75, 3.05) is 4.90 Å². The molecule has 296 valence electrons. The summed E-state index contributed by atoms with van der Waals surface area (Å²) in [7, 11) is 0. The Morgan fingerprint density at radius 3 is 1.65 bits per heavy atom. The topological polar surface area (TPSA) is 16.4 Å². The highest BCUT2D eigenvalue weighted by Gasteiger charge is 2.37. The van der Waals surface area contributed by atoms with Crippen LogP contribution in [0.15, 0.2) is 205 Å². The number of para-hydroxylation sites is 2. The molecule has 2 nitrogen and oxygen atoms in total. The van der Waals surface area contributed by atoms with Crippen molar-refractivity contribution in [3.63, 3.8) is 0 Å². The van der Waals surface area contributed by atoms with Gasteiger partial charge in [0.05, 0.1) is 5.69 Å². The molecular formula is C60H45NO. The van der Waals surface area contributed by atoms with Crippen molar-refractivity contribution in [2.24, 2.45) is 0 Å². The van der Waals surface area contributed by atoms with Gasteiger partial charge in [-0.2, -0.15) is 0 Å². The number of benzene rings is 9. The molecule has 9 aromatic carbocycles. The van der Waals surface area contributed by atoms with Crippen LogP contribution in [-0.2, 0) is 10.8 Å². The van der Waals surface area contributed by atoms with Crippen molar-refractivity contribution in [2.45, 2.75) is 38.5 Å². The number of hydrogen-bond donors (Lipinski definition) is 0. The maximum Gasteiger partial charge on any atom is 0.136 e. The van der Waals surface area contributed by atoms with Gasteiger partial charge >= 0.3 is 0 Å². The molecule has 0 atom stereocenters. The predicted octanol–water partition coefficient (Wildman–Crippen LogP) is 16.7. The molecule has 62 heavy (non-hydrogen) atoms. The summed E-state index contributed by atoms with van der Waals surface area (Å²) >= 11 is 0. The first-order chi connectivity index (χ1) is 30.3. The van der Waals surface area contributed by atoms with Crippen molar-refractivity contribution in [1.29, 1.82) is 0 Å². The van der Waals surface area contributed by atoms with E-state index in [-0.39, 0.29) is 10.8 Å². The van der Waals surface area contributed by atoms with E-state index in [9.17, 15) is 0 Å². The lowest BCUT2D eigenvalue weighted by atomic mass is 9.82. The van der Waals surface area contributed by atoms with Gasteiger partial charge in [0.2, 0.25) is 0 Å². The van der Waals surface area contributed by atoms with Crippen molar-refractivity contribution >= 4 is 39.0 Å². The molecule has 0 fully saturated rings. The Hall–Kier alpha value is -7.42. The maximum absolute atomic E-state index is 6.30. The van der Waals surface area contributed by atoms with E-state index >= 15 is 0 Å². The van der Waals surface area contributed by atoms with Crippen LogP contribution in [0.4, 0.5) is 17.1 Å². The summed E-state index contributed by atoms with van der Waals surface area (Å²) in [5.41, 5.74) is 22.9. The quantitative estimate of drug-likeness (QED) is 0.167. The predicted molar refractivity (Wildman–Crippen MR) is 260 cm³/mol. The van der Waals surface area contributed by atoms with Gasteiger partial charge in [-0.15, -0.1) is 0 Å². The lowest BCUT2D eigenvalue weighted by Crippen LogP contribution is -2.17. The van der Waals surface area contributed by atoms with E-state index in [0.717, 1.165) is 50.1 Å². The minimum Gasteiger partial charge on any atom is -0.456 e. The average molecular weight is 796 g/mol. The lowest BCUT2D eigenvalue weighted by Gasteiger charge is -2.30. The molecule has 2 heteroatoms. The minimum atomic E-state index is -0.142. The van der Waals surface area contributed by atoms with Gasteiger partial charge in [0.1, 0.15) is 11.2 Å². The number of rotatable bonds is 6. The summed E-state index contributed by atoms with van der Waals surface area (Å²) in [5.74, 6) is 0. The molecule has 2 aliphatic rings. The molecule has 0 aliphatic heterocycles. The Bertz CT molecular complexity index is 3420. The molecular weight excluding hydrogens is 751 g/mol. The van der Waals surface area contributed by atoms with Crippen LogP contribution in [-0.4, -0.2) is 0 Å². The Morgan fingerprint density at radius 2 is 0.871 bits per heavy atom. The van der Waals surface area contributed by atoms with Gasteiger partial charge in [0.15, 0.2) is 0 Å². The second kappa shape index (κ2) is 13.5. The zero-order chi connectivity index (χ0) is 41.7. The van der Waals surface area contributed by atoms with Crippen LogP contribution >= 0.6 is 0 Å². The van der Waals surface area contributed by atoms with Crippen molar-refractivity contribution in [3.8, 4) is 55.6 Å². The number of nitrogens with zero attached hydrogens (tertiary/aromatic N) is 1. The van der Waals surface area contributed by atoms with Gasteiger partial charge in [-0.05, 0) is 121 Å². The highest BCUT2D eigenvalue weighted by molar-refractivity contribution is 6.12. The summed E-state index contributed by atoms with van der Waals surface area (Å²) < 4.78 is 6.30. The van der Waals surface area contributed by atoms with Gasteiger partial charge in [-0.1, -0.05) is 179 Å². The third-order valence-electron chi connectivity index (χ3n) is 13.9. The summed E-state index contributed by atoms with van der Waals surface area (Å²) in [6.07, 6.45) is 0. The first kappa shape index (κ1) is 36.4. The second-order valence-electron chi connectivity index (χ2n) is 18.1. The zero-order valence-corrected chi connectivity index (χ0v) is 35.4. The fourth-order valence-corrected chi connectivity index (χ4v) is 10.8. The third-order valence-corrected chi connectivity index (χ3v) is 13.9. The fourth-order valence-electron chi connectivity index (χ4n) is 10.8. The molecule has 0 saturated heterocycles. The van der Waals surface area contributed by atoms with E-state index in [1.807, 2.05) is 6.07 Å². The molecule has 0 unspecified atom stereocenters. The summed E-state index contributed by atoms with van der Waals surface area (Å²) in [4.78, 5) is 2.46. The van der Waals surface area contributed by atoms with E-state index in [2.05, 4.69) is 227 Å². The van der Waals surface area contributed by atoms with Gasteiger partial charge in [-0.25, -0.2) is 0 Å². The third kappa shape index (κ3) is 5.36. The van der Waals surface area contributed by atoms with Crippen molar-refractivity contribution in [1.82, 2.24) is 0 Å². The van der Waals surface area contributed by atoms with Gasteiger partial charge in [0.25, 0.3) is 0 Å². The molecule has 0 saturated carbocycles. The van der Waals surface area contributed by atoms with E-state index in [4.69, 9.17) is 4.42 Å². The lowest BCUT2D eigenvalue weighted by molar-refractivity contribution is 0.660.